The lowest BCUT2D eigenvalue weighted by Crippen LogP contribution is -2.29. The normalized spacial score (nSPS) is 15.2. The Hall–Kier alpha value is -3.09. The molecule has 0 saturated heterocycles. The van der Waals surface area contributed by atoms with Gasteiger partial charge in [0.25, 0.3) is 0 Å². The van der Waals surface area contributed by atoms with Gasteiger partial charge in [0.05, 0.1) is 6.61 Å². The van der Waals surface area contributed by atoms with Crippen molar-refractivity contribution in [2.75, 3.05) is 24.7 Å². The highest BCUT2D eigenvalue weighted by Gasteiger charge is 2.34. The molecule has 1 saturated carbocycles. The first-order valence-electron chi connectivity index (χ1n) is 8.46. The summed E-state index contributed by atoms with van der Waals surface area (Å²) in [5.41, 5.74) is 8.05. The van der Waals surface area contributed by atoms with E-state index in [9.17, 15) is 10.0 Å². The number of hydroxylamine groups is 1. The van der Waals surface area contributed by atoms with Gasteiger partial charge in [-0.15, -0.1) is 0 Å². The number of benzene rings is 1. The Morgan fingerprint density at radius 1 is 1.54 bits per heavy atom. The lowest BCUT2D eigenvalue weighted by Gasteiger charge is -2.10. The first kappa shape index (κ1) is 19.2. The quantitative estimate of drug-likeness (QED) is 0.133. The van der Waals surface area contributed by atoms with Crippen molar-refractivity contribution in [1.29, 1.82) is 0 Å². The number of carbonyl (C=O) groups excluding carboxylic acids is 1. The van der Waals surface area contributed by atoms with Gasteiger partial charge in [-0.3, -0.25) is 4.99 Å². The van der Waals surface area contributed by atoms with Crippen LogP contribution in [0, 0.1) is 5.92 Å². The molecule has 0 aliphatic heterocycles. The summed E-state index contributed by atoms with van der Waals surface area (Å²) in [4.78, 5) is 16.5. The fraction of sp³-hybridized carbons (Fsp3) is 0.316. The van der Waals surface area contributed by atoms with Crippen LogP contribution in [0.3, 0.4) is 0 Å². The Morgan fingerprint density at radius 3 is 2.85 bits per heavy atom. The van der Waals surface area contributed by atoms with Crippen LogP contribution in [0.2, 0.25) is 0 Å². The van der Waals surface area contributed by atoms with E-state index in [0.29, 0.717) is 39.7 Å². The first-order chi connectivity index (χ1) is 12.5. The van der Waals surface area contributed by atoms with Crippen molar-refractivity contribution < 1.29 is 19.5 Å². The molecule has 0 spiro atoms. The van der Waals surface area contributed by atoms with Gasteiger partial charge in [-0.25, -0.2) is 0 Å². The van der Waals surface area contributed by atoms with Crippen LogP contribution in [0.5, 0.6) is 5.75 Å². The van der Waals surface area contributed by atoms with Crippen LogP contribution in [0.4, 0.5) is 16.2 Å². The summed E-state index contributed by atoms with van der Waals surface area (Å²) < 4.78 is 6.18. The van der Waals surface area contributed by atoms with Gasteiger partial charge in [0, 0.05) is 36.5 Å². The molecule has 1 aromatic rings. The van der Waals surface area contributed by atoms with Crippen molar-refractivity contribution in [3.63, 3.8) is 0 Å². The van der Waals surface area contributed by atoms with Crippen molar-refractivity contribution in [3.8, 4) is 5.75 Å². The topological polar surface area (TPSA) is 100.0 Å². The summed E-state index contributed by atoms with van der Waals surface area (Å²) in [5.74, 6) is 0.595. The number of hydrogen-bond donors (Lipinski definition) is 3. The molecule has 138 valence electrons. The summed E-state index contributed by atoms with van der Waals surface area (Å²) in [6, 6.07) is 2.61. The summed E-state index contributed by atoms with van der Waals surface area (Å²) in [7, 11) is 1.63. The SMILES string of the molecule is C=C/C=C\C(C1CC1)=[N+](\O)C(=O)Nc1cc(C=NC)c(N)cc1OCC. The van der Waals surface area contributed by atoms with E-state index in [-0.39, 0.29) is 5.92 Å². The average Bonchev–Trinajstić information content (AvgIpc) is 3.44. The number of carbonyl (C=O) groups is 1. The summed E-state index contributed by atoms with van der Waals surface area (Å²) in [6.07, 6.45) is 8.43. The number of nitrogens with one attached hydrogen (secondary N) is 1. The number of hydrogen-bond acceptors (Lipinski definition) is 5. The standard InChI is InChI=1S/C19H24N4O3/c1-4-6-7-17(13-8-9-13)23(25)19(24)22-16-10-14(12-21-3)15(20)11-18(16)26-5-2/h4,6-7,10-13H,1,5,8-9H2,2-3H3,(H3-,20,21,22,24,25)/p+1/b7-6-,23-17-. The summed E-state index contributed by atoms with van der Waals surface area (Å²) in [5, 5.41) is 13.0. The fourth-order valence-corrected chi connectivity index (χ4v) is 2.45. The summed E-state index contributed by atoms with van der Waals surface area (Å²) in [6.45, 7) is 5.85. The maximum absolute atomic E-state index is 12.5. The molecule has 0 atom stereocenters. The van der Waals surface area contributed by atoms with Crippen LogP contribution in [0.1, 0.15) is 25.3 Å². The third-order valence-corrected chi connectivity index (χ3v) is 3.83. The molecule has 4 N–H and O–H groups in total. The number of nitrogens with two attached hydrogens (primary N) is 1. The maximum atomic E-state index is 12.5. The second kappa shape index (κ2) is 8.84. The molecular formula is C19H25N4O3+. The molecule has 0 unspecified atom stereocenters. The van der Waals surface area contributed by atoms with Gasteiger partial charge in [-0.2, -0.15) is 10.1 Å². The first-order valence-corrected chi connectivity index (χ1v) is 8.46. The molecule has 2 amide bonds. The van der Waals surface area contributed by atoms with Crippen molar-refractivity contribution in [2.24, 2.45) is 10.9 Å². The van der Waals surface area contributed by atoms with Gasteiger partial charge in [-0.1, -0.05) is 18.7 Å². The largest absolute Gasteiger partial charge is 0.535 e. The number of rotatable bonds is 7. The van der Waals surface area contributed by atoms with Crippen molar-refractivity contribution in [2.45, 2.75) is 19.8 Å². The van der Waals surface area contributed by atoms with E-state index in [0.717, 1.165) is 12.8 Å². The molecular weight excluding hydrogens is 332 g/mol. The van der Waals surface area contributed by atoms with Gasteiger partial charge in [0.1, 0.15) is 0 Å². The highest BCUT2D eigenvalue weighted by atomic mass is 16.5. The molecule has 0 aromatic heterocycles. The molecule has 1 aliphatic rings. The van der Waals surface area contributed by atoms with Crippen LogP contribution in [0.25, 0.3) is 0 Å². The van der Waals surface area contributed by atoms with Crippen LogP contribution in [-0.4, -0.2) is 41.6 Å². The Morgan fingerprint density at radius 2 is 2.27 bits per heavy atom. The number of nitrogens with zero attached hydrogens (tertiary/aromatic N) is 2. The van der Waals surface area contributed by atoms with Crippen molar-refractivity contribution in [1.82, 2.24) is 0 Å². The Kier molecular flexibility index (Phi) is 6.54. The van der Waals surface area contributed by atoms with E-state index >= 15 is 0 Å². The number of allylic oxidation sites excluding steroid dienone is 3. The molecule has 1 aromatic carbocycles. The highest BCUT2D eigenvalue weighted by Crippen LogP contribution is 2.32. The molecule has 0 radical (unpaired) electrons. The Bertz CT molecular complexity index is 777. The minimum atomic E-state index is -0.675. The maximum Gasteiger partial charge on any atom is 0.535 e. The number of nitrogen functional groups attached to an aromatic ring is 1. The number of amides is 2. The van der Waals surface area contributed by atoms with E-state index in [1.54, 1.807) is 43.6 Å². The van der Waals surface area contributed by atoms with Gasteiger partial charge < -0.3 is 15.7 Å². The number of ether oxygens (including phenoxy) is 1. The van der Waals surface area contributed by atoms with Crippen LogP contribution in [0.15, 0.2) is 41.9 Å². The highest BCUT2D eigenvalue weighted by molar-refractivity contribution is 6.00. The van der Waals surface area contributed by atoms with Crippen LogP contribution >= 0.6 is 0 Å². The average molecular weight is 357 g/mol. The molecule has 1 aliphatic carbocycles. The zero-order valence-electron chi connectivity index (χ0n) is 15.1. The van der Waals surface area contributed by atoms with Gasteiger partial charge >= 0.3 is 6.03 Å². The second-order valence-corrected chi connectivity index (χ2v) is 5.83. The zero-order chi connectivity index (χ0) is 19.1. The lowest BCUT2D eigenvalue weighted by molar-refractivity contribution is -0.697. The molecule has 0 bridgehead atoms. The van der Waals surface area contributed by atoms with Gasteiger partial charge in [0.2, 0.25) is 0 Å². The zero-order valence-corrected chi connectivity index (χ0v) is 15.1. The molecule has 26 heavy (non-hydrogen) atoms. The molecule has 2 rings (SSSR count). The van der Waals surface area contributed by atoms with Gasteiger partial charge in [0.15, 0.2) is 17.1 Å². The predicted octanol–water partition coefficient (Wildman–Crippen LogP) is 3.24. The second-order valence-electron chi connectivity index (χ2n) is 5.83. The number of aliphatic imine (C=N–C) groups is 1. The van der Waals surface area contributed by atoms with E-state index in [1.807, 2.05) is 6.92 Å². The van der Waals surface area contributed by atoms with Crippen molar-refractivity contribution >= 4 is 29.3 Å². The van der Waals surface area contributed by atoms with Crippen LogP contribution < -0.4 is 15.8 Å². The molecule has 1 fully saturated rings. The minimum absolute atomic E-state index is 0.169. The third kappa shape index (κ3) is 4.72. The summed E-state index contributed by atoms with van der Waals surface area (Å²) >= 11 is 0. The van der Waals surface area contributed by atoms with E-state index < -0.39 is 6.03 Å². The monoisotopic (exact) mass is 357 g/mol. The van der Waals surface area contributed by atoms with E-state index in [1.165, 1.54) is 0 Å². The molecule has 7 nitrogen and oxygen atoms in total. The third-order valence-electron chi connectivity index (χ3n) is 3.83. The fourth-order valence-electron chi connectivity index (χ4n) is 2.45. The predicted molar refractivity (Wildman–Crippen MR) is 104 cm³/mol. The molecule has 7 heteroatoms. The van der Waals surface area contributed by atoms with Crippen molar-refractivity contribution in [3.05, 3.63) is 42.5 Å². The van der Waals surface area contributed by atoms with Crippen LogP contribution in [-0.2, 0) is 0 Å². The Balaban J connectivity index is 2.35. The number of urea groups is 1. The minimum Gasteiger partial charge on any atom is -0.489 e. The lowest BCUT2D eigenvalue weighted by atomic mass is 10.1. The number of anilines is 2. The Labute approximate surface area is 153 Å². The van der Waals surface area contributed by atoms with E-state index in [2.05, 4.69) is 16.9 Å². The smallest absolute Gasteiger partial charge is 0.489 e. The van der Waals surface area contributed by atoms with E-state index in [4.69, 9.17) is 10.5 Å². The van der Waals surface area contributed by atoms with Gasteiger partial charge in [-0.05, 0) is 36.6 Å². The molecule has 0 heterocycles.